The van der Waals surface area contributed by atoms with Crippen molar-refractivity contribution in [2.75, 3.05) is 19.6 Å². The number of thiazole rings is 1. The van der Waals surface area contributed by atoms with Crippen molar-refractivity contribution in [3.05, 3.63) is 16.6 Å². The van der Waals surface area contributed by atoms with E-state index in [1.807, 2.05) is 6.20 Å². The second kappa shape index (κ2) is 4.20. The first-order chi connectivity index (χ1) is 7.43. The standard InChI is InChI=1S/C11H17N3S/c1-3-12-7-9-2-5-14(10(1)9)8-11-13-4-6-15-11/h4,6,9-10,12H,1-3,5,7-8H2/t9-,10+/m0/s1. The number of hydrogen-bond acceptors (Lipinski definition) is 4. The summed E-state index contributed by atoms with van der Waals surface area (Å²) in [5.74, 6) is 0.888. The lowest BCUT2D eigenvalue weighted by Gasteiger charge is -2.31. The van der Waals surface area contributed by atoms with E-state index >= 15 is 0 Å². The monoisotopic (exact) mass is 223 g/mol. The van der Waals surface area contributed by atoms with Crippen LogP contribution in [-0.2, 0) is 6.54 Å². The van der Waals surface area contributed by atoms with E-state index in [9.17, 15) is 0 Å². The Labute approximate surface area is 94.5 Å². The lowest BCUT2D eigenvalue weighted by atomic mass is 9.94. The van der Waals surface area contributed by atoms with E-state index in [-0.39, 0.29) is 0 Å². The largest absolute Gasteiger partial charge is 0.316 e. The number of piperidine rings is 1. The average Bonchev–Trinajstić information content (AvgIpc) is 2.89. The molecule has 0 radical (unpaired) electrons. The highest BCUT2D eigenvalue weighted by Gasteiger charge is 2.35. The van der Waals surface area contributed by atoms with E-state index in [1.165, 1.54) is 37.5 Å². The summed E-state index contributed by atoms with van der Waals surface area (Å²) >= 11 is 1.78. The van der Waals surface area contributed by atoms with Gasteiger partial charge in [0.05, 0.1) is 6.54 Å². The lowest BCUT2D eigenvalue weighted by molar-refractivity contribution is 0.184. The third kappa shape index (κ3) is 1.94. The van der Waals surface area contributed by atoms with Crippen molar-refractivity contribution in [1.29, 1.82) is 0 Å². The van der Waals surface area contributed by atoms with Crippen molar-refractivity contribution in [1.82, 2.24) is 15.2 Å². The van der Waals surface area contributed by atoms with Gasteiger partial charge in [0.15, 0.2) is 0 Å². The summed E-state index contributed by atoms with van der Waals surface area (Å²) in [6.07, 6.45) is 4.59. The van der Waals surface area contributed by atoms with Crippen molar-refractivity contribution < 1.29 is 0 Å². The molecule has 2 atom stereocenters. The minimum absolute atomic E-state index is 0.815. The predicted molar refractivity (Wildman–Crippen MR) is 61.9 cm³/mol. The first-order valence-corrected chi connectivity index (χ1v) is 6.64. The molecule has 1 aromatic rings. The second-order valence-electron chi connectivity index (χ2n) is 4.51. The van der Waals surface area contributed by atoms with Crippen LogP contribution in [0, 0.1) is 5.92 Å². The lowest BCUT2D eigenvalue weighted by Crippen LogP contribution is -2.43. The molecule has 2 aliphatic rings. The van der Waals surface area contributed by atoms with Gasteiger partial charge in [-0.25, -0.2) is 4.98 Å². The van der Waals surface area contributed by atoms with Crippen LogP contribution in [0.4, 0.5) is 0 Å². The van der Waals surface area contributed by atoms with Gasteiger partial charge in [-0.15, -0.1) is 11.3 Å². The maximum Gasteiger partial charge on any atom is 0.107 e. The maximum atomic E-state index is 4.38. The molecule has 2 fully saturated rings. The summed E-state index contributed by atoms with van der Waals surface area (Å²) in [7, 11) is 0. The SMILES string of the molecule is c1csc(CN2CC[C@H]3CNCC[C@H]32)n1. The molecular weight excluding hydrogens is 206 g/mol. The van der Waals surface area contributed by atoms with Crippen LogP contribution >= 0.6 is 11.3 Å². The quantitative estimate of drug-likeness (QED) is 0.820. The summed E-state index contributed by atoms with van der Waals surface area (Å²) in [4.78, 5) is 7.01. The summed E-state index contributed by atoms with van der Waals surface area (Å²) in [5, 5.41) is 6.84. The van der Waals surface area contributed by atoms with Crippen LogP contribution in [0.25, 0.3) is 0 Å². The zero-order valence-electron chi connectivity index (χ0n) is 8.85. The Balaban J connectivity index is 1.67. The zero-order valence-corrected chi connectivity index (χ0v) is 9.67. The smallest absolute Gasteiger partial charge is 0.107 e. The van der Waals surface area contributed by atoms with E-state index in [0.29, 0.717) is 0 Å². The molecular formula is C11H17N3S. The zero-order chi connectivity index (χ0) is 10.1. The number of fused-ring (bicyclic) bond motifs is 1. The molecule has 0 saturated carbocycles. The third-order valence-electron chi connectivity index (χ3n) is 3.65. The van der Waals surface area contributed by atoms with Crippen LogP contribution in [0.15, 0.2) is 11.6 Å². The molecule has 2 aliphatic heterocycles. The molecule has 0 aromatic carbocycles. The molecule has 3 rings (SSSR count). The van der Waals surface area contributed by atoms with E-state index in [4.69, 9.17) is 0 Å². The molecule has 1 aromatic heterocycles. The minimum atomic E-state index is 0.815. The summed E-state index contributed by atoms with van der Waals surface area (Å²) in [6, 6.07) is 0.815. The van der Waals surface area contributed by atoms with E-state index in [0.717, 1.165) is 18.5 Å². The van der Waals surface area contributed by atoms with Crippen molar-refractivity contribution >= 4 is 11.3 Å². The minimum Gasteiger partial charge on any atom is -0.316 e. The van der Waals surface area contributed by atoms with Gasteiger partial charge >= 0.3 is 0 Å². The van der Waals surface area contributed by atoms with Gasteiger partial charge < -0.3 is 5.32 Å². The second-order valence-corrected chi connectivity index (χ2v) is 5.48. The van der Waals surface area contributed by atoms with Gasteiger partial charge in [-0.05, 0) is 38.4 Å². The molecule has 0 unspecified atom stereocenters. The fraction of sp³-hybridized carbons (Fsp3) is 0.727. The molecule has 2 saturated heterocycles. The number of aromatic nitrogens is 1. The van der Waals surface area contributed by atoms with Crippen LogP contribution < -0.4 is 5.32 Å². The summed E-state index contributed by atoms with van der Waals surface area (Å²) < 4.78 is 0. The van der Waals surface area contributed by atoms with Gasteiger partial charge in [0.2, 0.25) is 0 Å². The van der Waals surface area contributed by atoms with Gasteiger partial charge in [0, 0.05) is 17.6 Å². The highest BCUT2D eigenvalue weighted by atomic mass is 32.1. The summed E-state index contributed by atoms with van der Waals surface area (Å²) in [5.41, 5.74) is 0. The highest BCUT2D eigenvalue weighted by molar-refractivity contribution is 7.09. The molecule has 0 aliphatic carbocycles. The Morgan fingerprint density at radius 1 is 1.53 bits per heavy atom. The molecule has 15 heavy (non-hydrogen) atoms. The van der Waals surface area contributed by atoms with E-state index in [1.54, 1.807) is 11.3 Å². The van der Waals surface area contributed by atoms with Gasteiger partial charge in [-0.2, -0.15) is 0 Å². The fourth-order valence-corrected chi connectivity index (χ4v) is 3.52. The van der Waals surface area contributed by atoms with Crippen LogP contribution in [0.2, 0.25) is 0 Å². The van der Waals surface area contributed by atoms with Crippen LogP contribution in [-0.4, -0.2) is 35.6 Å². The predicted octanol–water partition coefficient (Wildman–Crippen LogP) is 1.33. The normalized spacial score (nSPS) is 31.7. The van der Waals surface area contributed by atoms with Crippen molar-refractivity contribution in [3.8, 4) is 0 Å². The number of nitrogens with zero attached hydrogens (tertiary/aromatic N) is 2. The number of hydrogen-bond donors (Lipinski definition) is 1. The first kappa shape index (κ1) is 9.75. The fourth-order valence-electron chi connectivity index (χ4n) is 2.88. The molecule has 0 bridgehead atoms. The van der Waals surface area contributed by atoms with Crippen molar-refractivity contribution in [2.24, 2.45) is 5.92 Å². The van der Waals surface area contributed by atoms with Gasteiger partial charge in [-0.3, -0.25) is 4.90 Å². The molecule has 1 N–H and O–H groups in total. The van der Waals surface area contributed by atoms with Crippen molar-refractivity contribution in [2.45, 2.75) is 25.4 Å². The Bertz CT molecular complexity index is 312. The topological polar surface area (TPSA) is 28.2 Å². The first-order valence-electron chi connectivity index (χ1n) is 5.76. The van der Waals surface area contributed by atoms with E-state index < -0.39 is 0 Å². The highest BCUT2D eigenvalue weighted by Crippen LogP contribution is 2.29. The van der Waals surface area contributed by atoms with Crippen LogP contribution in [0.1, 0.15) is 17.8 Å². The maximum absolute atomic E-state index is 4.38. The number of nitrogens with one attached hydrogen (secondary N) is 1. The number of rotatable bonds is 2. The Morgan fingerprint density at radius 2 is 2.53 bits per heavy atom. The Morgan fingerprint density at radius 3 is 3.40 bits per heavy atom. The molecule has 0 spiro atoms. The molecule has 3 heterocycles. The van der Waals surface area contributed by atoms with Crippen molar-refractivity contribution in [3.63, 3.8) is 0 Å². The summed E-state index contributed by atoms with van der Waals surface area (Å²) in [6.45, 7) is 4.74. The number of likely N-dealkylation sites (tertiary alicyclic amines) is 1. The third-order valence-corrected chi connectivity index (χ3v) is 4.41. The molecule has 3 nitrogen and oxygen atoms in total. The van der Waals surface area contributed by atoms with Crippen LogP contribution in [0.3, 0.4) is 0 Å². The average molecular weight is 223 g/mol. The molecule has 4 heteroatoms. The van der Waals surface area contributed by atoms with E-state index in [2.05, 4.69) is 20.6 Å². The Kier molecular flexibility index (Phi) is 2.73. The van der Waals surface area contributed by atoms with Gasteiger partial charge in [-0.1, -0.05) is 0 Å². The molecule has 0 amide bonds. The van der Waals surface area contributed by atoms with Crippen LogP contribution in [0.5, 0.6) is 0 Å². The van der Waals surface area contributed by atoms with Gasteiger partial charge in [0.25, 0.3) is 0 Å². The molecule has 82 valence electrons. The van der Waals surface area contributed by atoms with Gasteiger partial charge in [0.1, 0.15) is 5.01 Å². The Hall–Kier alpha value is -0.450.